The molecule has 0 saturated heterocycles. The molecule has 0 bridgehead atoms. The lowest BCUT2D eigenvalue weighted by atomic mass is 10.1. The average Bonchev–Trinajstić information content (AvgIpc) is 2.26. The van der Waals surface area contributed by atoms with Gasteiger partial charge in [-0.25, -0.2) is 4.98 Å². The second-order valence-electron chi connectivity index (χ2n) is 4.52. The molecule has 1 atom stereocenters. The maximum atomic E-state index is 5.75. The first-order valence-electron chi connectivity index (χ1n) is 5.87. The highest BCUT2D eigenvalue weighted by molar-refractivity contribution is 5.33. The first kappa shape index (κ1) is 13.0. The van der Waals surface area contributed by atoms with Crippen molar-refractivity contribution in [3.05, 3.63) is 23.9 Å². The minimum atomic E-state index is 0.292. The van der Waals surface area contributed by atoms with E-state index < -0.39 is 0 Å². The van der Waals surface area contributed by atoms with Gasteiger partial charge in [0.25, 0.3) is 0 Å². The number of aromatic nitrogens is 1. The summed E-state index contributed by atoms with van der Waals surface area (Å²) in [5.41, 5.74) is 0.974. The normalized spacial score (nSPS) is 12.8. The van der Waals surface area contributed by atoms with Crippen LogP contribution in [0.15, 0.2) is 18.2 Å². The quantitative estimate of drug-likeness (QED) is 0.803. The summed E-state index contributed by atoms with van der Waals surface area (Å²) in [6.45, 7) is 7.12. The Kier molecular flexibility index (Phi) is 5.26. The molecule has 3 heteroatoms. The Labute approximate surface area is 98.2 Å². The van der Waals surface area contributed by atoms with E-state index in [4.69, 9.17) is 4.74 Å². The third kappa shape index (κ3) is 4.62. The molecule has 0 aliphatic heterocycles. The van der Waals surface area contributed by atoms with Gasteiger partial charge >= 0.3 is 0 Å². The van der Waals surface area contributed by atoms with Crippen molar-refractivity contribution in [1.29, 1.82) is 0 Å². The van der Waals surface area contributed by atoms with Crippen LogP contribution in [0.3, 0.4) is 0 Å². The minimum Gasteiger partial charge on any atom is -0.373 e. The van der Waals surface area contributed by atoms with Crippen LogP contribution in [0.4, 0.5) is 5.82 Å². The number of nitrogens with zero attached hydrogens (tertiary/aromatic N) is 1. The molecule has 0 amide bonds. The van der Waals surface area contributed by atoms with Crippen molar-refractivity contribution in [2.75, 3.05) is 12.4 Å². The van der Waals surface area contributed by atoms with Crippen LogP contribution in [0.25, 0.3) is 0 Å². The fraction of sp³-hybridized carbons (Fsp3) is 0.615. The second-order valence-corrected chi connectivity index (χ2v) is 4.52. The van der Waals surface area contributed by atoms with Crippen LogP contribution in [0.2, 0.25) is 0 Å². The van der Waals surface area contributed by atoms with Crippen molar-refractivity contribution in [2.24, 2.45) is 5.92 Å². The van der Waals surface area contributed by atoms with E-state index in [0.717, 1.165) is 17.9 Å². The van der Waals surface area contributed by atoms with E-state index in [9.17, 15) is 0 Å². The number of nitrogens with one attached hydrogen (secondary N) is 1. The molecule has 0 fully saturated rings. The minimum absolute atomic E-state index is 0.292. The first-order valence-corrected chi connectivity index (χ1v) is 5.87. The molecule has 0 radical (unpaired) electrons. The Hall–Kier alpha value is -1.09. The van der Waals surface area contributed by atoms with Gasteiger partial charge in [0.2, 0.25) is 0 Å². The largest absolute Gasteiger partial charge is 0.373 e. The third-order valence-electron chi connectivity index (χ3n) is 2.38. The molecule has 0 saturated carbocycles. The highest BCUT2D eigenvalue weighted by Crippen LogP contribution is 2.11. The molecule has 0 spiro atoms. The van der Waals surface area contributed by atoms with Crippen LogP contribution in [-0.4, -0.2) is 18.1 Å². The van der Waals surface area contributed by atoms with Gasteiger partial charge < -0.3 is 10.1 Å². The zero-order chi connectivity index (χ0) is 12.0. The Morgan fingerprint density at radius 3 is 2.69 bits per heavy atom. The molecule has 90 valence electrons. The molecule has 1 rings (SSSR count). The fourth-order valence-corrected chi connectivity index (χ4v) is 1.66. The topological polar surface area (TPSA) is 34.1 Å². The number of hydrogen-bond acceptors (Lipinski definition) is 3. The fourth-order valence-electron chi connectivity index (χ4n) is 1.66. The van der Waals surface area contributed by atoms with E-state index in [-0.39, 0.29) is 0 Å². The van der Waals surface area contributed by atoms with Crippen molar-refractivity contribution in [3.8, 4) is 0 Å². The van der Waals surface area contributed by atoms with Crippen molar-refractivity contribution < 1.29 is 4.74 Å². The van der Waals surface area contributed by atoms with Gasteiger partial charge in [-0.2, -0.15) is 0 Å². The maximum absolute atomic E-state index is 5.75. The van der Waals surface area contributed by atoms with Crippen LogP contribution >= 0.6 is 0 Å². The van der Waals surface area contributed by atoms with Gasteiger partial charge in [0.05, 0.1) is 18.4 Å². The number of anilines is 1. The zero-order valence-electron chi connectivity index (χ0n) is 10.7. The van der Waals surface area contributed by atoms with Crippen LogP contribution < -0.4 is 5.32 Å². The van der Waals surface area contributed by atoms with Gasteiger partial charge in [-0.05, 0) is 31.4 Å². The smallest absolute Gasteiger partial charge is 0.126 e. The lowest BCUT2D eigenvalue weighted by Gasteiger charge is -2.15. The summed E-state index contributed by atoms with van der Waals surface area (Å²) in [6.07, 6.45) is 1.38. The third-order valence-corrected chi connectivity index (χ3v) is 2.38. The summed E-state index contributed by atoms with van der Waals surface area (Å²) in [4.78, 5) is 4.41. The molecule has 1 heterocycles. The number of pyridine rings is 1. The molecule has 1 unspecified atom stereocenters. The van der Waals surface area contributed by atoms with Gasteiger partial charge in [0.15, 0.2) is 0 Å². The summed E-state index contributed by atoms with van der Waals surface area (Å²) in [7, 11) is 1.87. The molecule has 0 aliphatic carbocycles. The molecule has 1 aromatic rings. The second kappa shape index (κ2) is 6.48. The van der Waals surface area contributed by atoms with Crippen LogP contribution in [0.1, 0.15) is 32.9 Å². The van der Waals surface area contributed by atoms with E-state index in [0.29, 0.717) is 18.6 Å². The van der Waals surface area contributed by atoms with E-state index in [1.807, 2.05) is 25.2 Å². The summed E-state index contributed by atoms with van der Waals surface area (Å²) in [5.74, 6) is 1.56. The van der Waals surface area contributed by atoms with Gasteiger partial charge in [0, 0.05) is 7.05 Å². The molecular weight excluding hydrogens is 200 g/mol. The Morgan fingerprint density at radius 1 is 1.31 bits per heavy atom. The Bertz CT molecular complexity index is 313. The molecule has 1 N–H and O–H groups in total. The van der Waals surface area contributed by atoms with Gasteiger partial charge in [-0.15, -0.1) is 0 Å². The SMILES string of the molecule is CNc1cccc(COC(C)CC(C)C)n1. The van der Waals surface area contributed by atoms with Gasteiger partial charge in [-0.3, -0.25) is 0 Å². The Morgan fingerprint density at radius 2 is 2.06 bits per heavy atom. The molecule has 1 aromatic heterocycles. The van der Waals surface area contributed by atoms with Crippen LogP contribution in [0.5, 0.6) is 0 Å². The van der Waals surface area contributed by atoms with E-state index in [1.165, 1.54) is 0 Å². The standard InChI is InChI=1S/C13H22N2O/c1-10(2)8-11(3)16-9-12-6-5-7-13(14-4)15-12/h5-7,10-11H,8-9H2,1-4H3,(H,14,15). The zero-order valence-corrected chi connectivity index (χ0v) is 10.7. The molecule has 3 nitrogen and oxygen atoms in total. The number of ether oxygens (including phenoxy) is 1. The summed E-state index contributed by atoms with van der Waals surface area (Å²) < 4.78 is 5.75. The lowest BCUT2D eigenvalue weighted by Crippen LogP contribution is -2.11. The van der Waals surface area contributed by atoms with E-state index in [1.54, 1.807) is 0 Å². The molecule has 0 aliphatic rings. The van der Waals surface area contributed by atoms with Crippen molar-refractivity contribution in [1.82, 2.24) is 4.98 Å². The maximum Gasteiger partial charge on any atom is 0.126 e. The lowest BCUT2D eigenvalue weighted by molar-refractivity contribution is 0.0379. The predicted octanol–water partition coefficient (Wildman–Crippen LogP) is 3.07. The average molecular weight is 222 g/mol. The van der Waals surface area contributed by atoms with Crippen LogP contribution in [0, 0.1) is 5.92 Å². The van der Waals surface area contributed by atoms with E-state index in [2.05, 4.69) is 31.1 Å². The predicted molar refractivity (Wildman–Crippen MR) is 67.5 cm³/mol. The van der Waals surface area contributed by atoms with Gasteiger partial charge in [0.1, 0.15) is 5.82 Å². The Balaban J connectivity index is 2.41. The summed E-state index contributed by atoms with van der Waals surface area (Å²) >= 11 is 0. The summed E-state index contributed by atoms with van der Waals surface area (Å²) in [6, 6.07) is 5.93. The molecule has 0 aromatic carbocycles. The van der Waals surface area contributed by atoms with E-state index >= 15 is 0 Å². The number of rotatable bonds is 6. The van der Waals surface area contributed by atoms with Crippen molar-refractivity contribution in [2.45, 2.75) is 39.9 Å². The van der Waals surface area contributed by atoms with Crippen molar-refractivity contribution >= 4 is 5.82 Å². The van der Waals surface area contributed by atoms with Gasteiger partial charge in [-0.1, -0.05) is 19.9 Å². The first-order chi connectivity index (χ1) is 7.61. The highest BCUT2D eigenvalue weighted by atomic mass is 16.5. The summed E-state index contributed by atoms with van der Waals surface area (Å²) in [5, 5.41) is 3.02. The van der Waals surface area contributed by atoms with Crippen LogP contribution in [-0.2, 0) is 11.3 Å². The highest BCUT2D eigenvalue weighted by Gasteiger charge is 2.06. The van der Waals surface area contributed by atoms with Crippen molar-refractivity contribution in [3.63, 3.8) is 0 Å². The molecular formula is C13H22N2O. The monoisotopic (exact) mass is 222 g/mol. The number of hydrogen-bond donors (Lipinski definition) is 1. The molecule has 16 heavy (non-hydrogen) atoms.